The molecule has 0 aliphatic heterocycles. The maximum atomic E-state index is 12.6. The lowest BCUT2D eigenvalue weighted by Crippen LogP contribution is -2.26. The molecular formula is C18H16ClN3O. The largest absolute Gasteiger partial charge is 0.345 e. The highest BCUT2D eigenvalue weighted by Crippen LogP contribution is 2.23. The fourth-order valence-electron chi connectivity index (χ4n) is 2.39. The zero-order valence-electron chi connectivity index (χ0n) is 12.6. The van der Waals surface area contributed by atoms with Gasteiger partial charge in [-0.15, -0.1) is 0 Å². The first kappa shape index (κ1) is 15.3. The molecule has 0 spiro atoms. The number of carbonyl (C=O) groups excluding carboxylic acids is 1. The van der Waals surface area contributed by atoms with Gasteiger partial charge in [-0.3, -0.25) is 9.89 Å². The minimum absolute atomic E-state index is 0.0864. The van der Waals surface area contributed by atoms with E-state index in [0.29, 0.717) is 16.3 Å². The molecule has 1 aromatic heterocycles. The molecule has 1 unspecified atom stereocenters. The standard InChI is InChI=1S/C18H16ClN3O/c1-12(13-5-3-2-4-6-13)21-18(23)16-11-20-22-17(16)14-7-9-15(19)10-8-14/h2-12H,1H3,(H,20,22)(H,21,23). The number of aromatic nitrogens is 2. The van der Waals surface area contributed by atoms with E-state index >= 15 is 0 Å². The number of rotatable bonds is 4. The molecule has 116 valence electrons. The quantitative estimate of drug-likeness (QED) is 0.754. The van der Waals surface area contributed by atoms with Gasteiger partial charge in [0.2, 0.25) is 0 Å². The van der Waals surface area contributed by atoms with Crippen LogP contribution in [0.15, 0.2) is 60.8 Å². The molecule has 0 aliphatic carbocycles. The van der Waals surface area contributed by atoms with Crippen molar-refractivity contribution in [1.29, 1.82) is 0 Å². The van der Waals surface area contributed by atoms with Crippen LogP contribution in [-0.4, -0.2) is 16.1 Å². The van der Waals surface area contributed by atoms with Gasteiger partial charge in [0, 0.05) is 10.6 Å². The lowest BCUT2D eigenvalue weighted by Gasteiger charge is -2.14. The van der Waals surface area contributed by atoms with E-state index in [2.05, 4.69) is 15.5 Å². The molecule has 1 atom stereocenters. The van der Waals surface area contributed by atoms with Crippen molar-refractivity contribution >= 4 is 17.5 Å². The summed E-state index contributed by atoms with van der Waals surface area (Å²) in [5.74, 6) is -0.167. The highest BCUT2D eigenvalue weighted by Gasteiger charge is 2.17. The first-order valence-corrected chi connectivity index (χ1v) is 7.68. The van der Waals surface area contributed by atoms with Crippen molar-refractivity contribution in [3.8, 4) is 11.3 Å². The van der Waals surface area contributed by atoms with E-state index in [1.54, 1.807) is 12.1 Å². The third-order valence-corrected chi connectivity index (χ3v) is 3.92. The van der Waals surface area contributed by atoms with Crippen LogP contribution in [0.2, 0.25) is 5.02 Å². The van der Waals surface area contributed by atoms with E-state index in [4.69, 9.17) is 11.6 Å². The van der Waals surface area contributed by atoms with Gasteiger partial charge in [-0.05, 0) is 24.6 Å². The predicted octanol–water partition coefficient (Wildman–Crippen LogP) is 4.22. The Hall–Kier alpha value is -2.59. The number of halogens is 1. The van der Waals surface area contributed by atoms with Crippen molar-refractivity contribution in [3.63, 3.8) is 0 Å². The lowest BCUT2D eigenvalue weighted by atomic mass is 10.1. The average Bonchev–Trinajstić information content (AvgIpc) is 3.06. The summed E-state index contributed by atoms with van der Waals surface area (Å²) in [7, 11) is 0. The van der Waals surface area contributed by atoms with Gasteiger partial charge in [-0.1, -0.05) is 54.1 Å². The monoisotopic (exact) mass is 325 g/mol. The third-order valence-electron chi connectivity index (χ3n) is 3.66. The average molecular weight is 326 g/mol. The summed E-state index contributed by atoms with van der Waals surface area (Å²) in [6, 6.07) is 17.0. The van der Waals surface area contributed by atoms with Crippen molar-refractivity contribution in [3.05, 3.63) is 76.9 Å². The van der Waals surface area contributed by atoms with Crippen molar-refractivity contribution in [2.75, 3.05) is 0 Å². The van der Waals surface area contributed by atoms with E-state index < -0.39 is 0 Å². The molecule has 0 saturated carbocycles. The number of amides is 1. The number of carbonyl (C=O) groups is 1. The molecular weight excluding hydrogens is 310 g/mol. The molecule has 4 nitrogen and oxygen atoms in total. The number of hydrogen-bond donors (Lipinski definition) is 2. The summed E-state index contributed by atoms with van der Waals surface area (Å²) >= 11 is 5.91. The zero-order valence-corrected chi connectivity index (χ0v) is 13.3. The van der Waals surface area contributed by atoms with E-state index in [1.807, 2.05) is 49.4 Å². The number of H-pyrrole nitrogens is 1. The van der Waals surface area contributed by atoms with Gasteiger partial charge in [0.15, 0.2) is 0 Å². The van der Waals surface area contributed by atoms with Crippen LogP contribution >= 0.6 is 11.6 Å². The number of aromatic amines is 1. The Kier molecular flexibility index (Phi) is 4.44. The van der Waals surface area contributed by atoms with Crippen LogP contribution in [-0.2, 0) is 0 Å². The smallest absolute Gasteiger partial charge is 0.255 e. The van der Waals surface area contributed by atoms with Crippen LogP contribution in [0.3, 0.4) is 0 Å². The van der Waals surface area contributed by atoms with Crippen LogP contribution in [0.25, 0.3) is 11.3 Å². The molecule has 0 radical (unpaired) electrons. The molecule has 23 heavy (non-hydrogen) atoms. The molecule has 2 N–H and O–H groups in total. The maximum absolute atomic E-state index is 12.6. The predicted molar refractivity (Wildman–Crippen MR) is 91.4 cm³/mol. The first-order valence-electron chi connectivity index (χ1n) is 7.30. The summed E-state index contributed by atoms with van der Waals surface area (Å²) in [6.07, 6.45) is 1.54. The number of benzene rings is 2. The Morgan fingerprint density at radius 3 is 2.52 bits per heavy atom. The molecule has 0 aliphatic rings. The Morgan fingerprint density at radius 2 is 1.83 bits per heavy atom. The van der Waals surface area contributed by atoms with E-state index in [0.717, 1.165) is 11.1 Å². The summed E-state index contributed by atoms with van der Waals surface area (Å²) in [4.78, 5) is 12.6. The minimum atomic E-state index is -0.167. The van der Waals surface area contributed by atoms with Gasteiger partial charge < -0.3 is 5.32 Å². The highest BCUT2D eigenvalue weighted by atomic mass is 35.5. The van der Waals surface area contributed by atoms with Crippen LogP contribution < -0.4 is 5.32 Å². The van der Waals surface area contributed by atoms with Crippen molar-refractivity contribution in [2.45, 2.75) is 13.0 Å². The topological polar surface area (TPSA) is 57.8 Å². The van der Waals surface area contributed by atoms with Gasteiger partial charge in [0.25, 0.3) is 5.91 Å². The Morgan fingerprint density at radius 1 is 1.13 bits per heavy atom. The molecule has 1 amide bonds. The molecule has 3 rings (SSSR count). The number of nitrogens with zero attached hydrogens (tertiary/aromatic N) is 1. The van der Waals surface area contributed by atoms with Gasteiger partial charge in [-0.2, -0.15) is 5.10 Å². The second kappa shape index (κ2) is 6.67. The summed E-state index contributed by atoms with van der Waals surface area (Å²) in [5.41, 5.74) is 3.11. The van der Waals surface area contributed by atoms with Crippen molar-refractivity contribution < 1.29 is 4.79 Å². The molecule has 3 aromatic rings. The van der Waals surface area contributed by atoms with Crippen LogP contribution in [0.1, 0.15) is 28.9 Å². The second-order valence-electron chi connectivity index (χ2n) is 5.27. The highest BCUT2D eigenvalue weighted by molar-refractivity contribution is 6.30. The molecule has 2 aromatic carbocycles. The summed E-state index contributed by atoms with van der Waals surface area (Å²) < 4.78 is 0. The fourth-order valence-corrected chi connectivity index (χ4v) is 2.52. The number of hydrogen-bond acceptors (Lipinski definition) is 2. The fraction of sp³-hybridized carbons (Fsp3) is 0.111. The van der Waals surface area contributed by atoms with Gasteiger partial charge in [0.1, 0.15) is 0 Å². The molecule has 0 saturated heterocycles. The van der Waals surface area contributed by atoms with Crippen molar-refractivity contribution in [2.24, 2.45) is 0 Å². The Labute approximate surface area is 139 Å². The molecule has 0 fully saturated rings. The number of nitrogens with one attached hydrogen (secondary N) is 2. The molecule has 5 heteroatoms. The Bertz CT molecular complexity index is 797. The molecule has 0 bridgehead atoms. The summed E-state index contributed by atoms with van der Waals surface area (Å²) in [6.45, 7) is 1.95. The third kappa shape index (κ3) is 3.43. The van der Waals surface area contributed by atoms with Crippen LogP contribution in [0.4, 0.5) is 0 Å². The normalized spacial score (nSPS) is 11.9. The lowest BCUT2D eigenvalue weighted by molar-refractivity contribution is 0.0940. The van der Waals surface area contributed by atoms with Gasteiger partial charge in [0.05, 0.1) is 23.5 Å². The second-order valence-corrected chi connectivity index (χ2v) is 5.71. The van der Waals surface area contributed by atoms with E-state index in [1.165, 1.54) is 6.20 Å². The summed E-state index contributed by atoms with van der Waals surface area (Å²) in [5, 5.41) is 10.5. The van der Waals surface area contributed by atoms with Gasteiger partial charge >= 0.3 is 0 Å². The first-order chi connectivity index (χ1) is 11.1. The molecule has 1 heterocycles. The van der Waals surface area contributed by atoms with E-state index in [-0.39, 0.29) is 11.9 Å². The SMILES string of the molecule is CC(NC(=O)c1cn[nH]c1-c1ccc(Cl)cc1)c1ccccc1. The minimum Gasteiger partial charge on any atom is -0.345 e. The Balaban J connectivity index is 1.81. The van der Waals surface area contributed by atoms with Crippen molar-refractivity contribution in [1.82, 2.24) is 15.5 Å². The van der Waals surface area contributed by atoms with Crippen LogP contribution in [0.5, 0.6) is 0 Å². The van der Waals surface area contributed by atoms with Gasteiger partial charge in [-0.25, -0.2) is 0 Å². The van der Waals surface area contributed by atoms with E-state index in [9.17, 15) is 4.79 Å². The van der Waals surface area contributed by atoms with Crippen LogP contribution in [0, 0.1) is 0 Å². The maximum Gasteiger partial charge on any atom is 0.255 e. The zero-order chi connectivity index (χ0) is 16.2.